The molecule has 9 nitrogen and oxygen atoms in total. The van der Waals surface area contributed by atoms with Crippen molar-refractivity contribution in [3.05, 3.63) is 40.6 Å². The number of morpholine rings is 1. The first kappa shape index (κ1) is 21.1. The van der Waals surface area contributed by atoms with Crippen LogP contribution in [0.25, 0.3) is 0 Å². The Morgan fingerprint density at radius 3 is 2.74 bits per heavy atom. The minimum Gasteiger partial charge on any atom is -0.477 e. The Morgan fingerprint density at radius 2 is 1.97 bits per heavy atom. The number of carbonyl (C=O) groups is 3. The molecular formula is C21H23N3O6S. The van der Waals surface area contributed by atoms with E-state index in [1.54, 1.807) is 22.4 Å². The van der Waals surface area contributed by atoms with Gasteiger partial charge in [0.1, 0.15) is 10.6 Å². The lowest BCUT2D eigenvalue weighted by atomic mass is 10.1. The van der Waals surface area contributed by atoms with Crippen LogP contribution < -0.4 is 15.0 Å². The number of nitrogens with one attached hydrogen (secondary N) is 1. The molecule has 1 saturated heterocycles. The van der Waals surface area contributed by atoms with E-state index >= 15 is 0 Å². The van der Waals surface area contributed by atoms with E-state index in [0.29, 0.717) is 42.6 Å². The molecule has 2 amide bonds. The van der Waals surface area contributed by atoms with Crippen LogP contribution in [0.3, 0.4) is 0 Å². The highest BCUT2D eigenvalue weighted by molar-refractivity contribution is 7.12. The predicted octanol–water partition coefficient (Wildman–Crippen LogP) is 1.60. The third kappa shape index (κ3) is 4.64. The number of nitrogens with zero attached hydrogens (tertiary/aromatic N) is 2. The molecule has 1 aromatic heterocycles. The second-order valence-electron chi connectivity index (χ2n) is 7.10. The topological polar surface area (TPSA) is 97.4 Å². The summed E-state index contributed by atoms with van der Waals surface area (Å²) in [5.74, 6) is -0.371. The molecule has 1 unspecified atom stereocenters. The molecular weight excluding hydrogens is 422 g/mol. The fourth-order valence-electron chi connectivity index (χ4n) is 3.59. The molecule has 1 fully saturated rings. The zero-order valence-corrected chi connectivity index (χ0v) is 17.9. The standard InChI is InChI=1S/C21H23N3O6S/c1-28-21(27)19-14(6-11-31-19)22-18(25)13-24-12-17(20(26)23-7-9-29-10-8-23)30-16-5-3-2-4-15(16)24/h2-6,11,17H,7-10,12-13H2,1H3,(H,22,25). The molecule has 164 valence electrons. The van der Waals surface area contributed by atoms with Gasteiger partial charge in [-0.1, -0.05) is 12.1 Å². The number of hydrogen-bond donors (Lipinski definition) is 1. The first-order valence-corrected chi connectivity index (χ1v) is 10.8. The van der Waals surface area contributed by atoms with Gasteiger partial charge in [-0.05, 0) is 23.6 Å². The second-order valence-corrected chi connectivity index (χ2v) is 8.01. The number of benzene rings is 1. The minimum absolute atomic E-state index is 0.00369. The highest BCUT2D eigenvalue weighted by Crippen LogP contribution is 2.33. The highest BCUT2D eigenvalue weighted by Gasteiger charge is 2.34. The molecule has 10 heteroatoms. The number of fused-ring (bicyclic) bond motifs is 1. The Kier molecular flexibility index (Phi) is 6.38. The van der Waals surface area contributed by atoms with Crippen LogP contribution in [-0.2, 0) is 19.1 Å². The largest absolute Gasteiger partial charge is 0.477 e. The number of thiophene rings is 1. The van der Waals surface area contributed by atoms with Crippen molar-refractivity contribution in [2.24, 2.45) is 0 Å². The van der Waals surface area contributed by atoms with Gasteiger partial charge in [0.15, 0.2) is 6.10 Å². The predicted molar refractivity (Wildman–Crippen MR) is 115 cm³/mol. The van der Waals surface area contributed by atoms with Gasteiger partial charge in [-0.15, -0.1) is 11.3 Å². The molecule has 0 spiro atoms. The van der Waals surface area contributed by atoms with Gasteiger partial charge >= 0.3 is 5.97 Å². The summed E-state index contributed by atoms with van der Waals surface area (Å²) in [6.07, 6.45) is -0.715. The molecule has 1 N–H and O–H groups in total. The number of anilines is 2. The molecule has 0 bridgehead atoms. The Hall–Kier alpha value is -3.11. The number of methoxy groups -OCH3 is 1. The lowest BCUT2D eigenvalue weighted by molar-refractivity contribution is -0.142. The van der Waals surface area contributed by atoms with Gasteiger partial charge in [0, 0.05) is 13.1 Å². The van der Waals surface area contributed by atoms with E-state index in [9.17, 15) is 14.4 Å². The first-order chi connectivity index (χ1) is 15.1. The summed E-state index contributed by atoms with van der Waals surface area (Å²) in [5.41, 5.74) is 1.14. The monoisotopic (exact) mass is 445 g/mol. The summed E-state index contributed by atoms with van der Waals surface area (Å²) < 4.78 is 16.0. The van der Waals surface area contributed by atoms with Crippen LogP contribution in [0.1, 0.15) is 9.67 Å². The van der Waals surface area contributed by atoms with Crippen molar-refractivity contribution in [3.8, 4) is 5.75 Å². The average Bonchev–Trinajstić information content (AvgIpc) is 3.26. The third-order valence-corrected chi connectivity index (χ3v) is 6.00. The lowest BCUT2D eigenvalue weighted by Gasteiger charge is -2.38. The maximum Gasteiger partial charge on any atom is 0.350 e. The molecule has 2 aliphatic heterocycles. The smallest absolute Gasteiger partial charge is 0.350 e. The second kappa shape index (κ2) is 9.36. The van der Waals surface area contributed by atoms with Crippen molar-refractivity contribution < 1.29 is 28.6 Å². The van der Waals surface area contributed by atoms with Crippen molar-refractivity contribution in [2.75, 3.05) is 56.7 Å². The van der Waals surface area contributed by atoms with Gasteiger partial charge in [-0.25, -0.2) is 4.79 Å². The van der Waals surface area contributed by atoms with Gasteiger partial charge in [0.05, 0.1) is 44.8 Å². The van der Waals surface area contributed by atoms with E-state index in [-0.39, 0.29) is 24.9 Å². The Labute approximate surface area is 183 Å². The number of para-hydroxylation sites is 2. The van der Waals surface area contributed by atoms with Crippen molar-refractivity contribution >= 4 is 40.5 Å². The van der Waals surface area contributed by atoms with E-state index in [1.165, 1.54) is 18.4 Å². The quantitative estimate of drug-likeness (QED) is 0.698. The van der Waals surface area contributed by atoms with E-state index in [2.05, 4.69) is 5.32 Å². The molecule has 3 heterocycles. The van der Waals surface area contributed by atoms with Crippen molar-refractivity contribution in [3.63, 3.8) is 0 Å². The van der Waals surface area contributed by atoms with Crippen molar-refractivity contribution in [2.45, 2.75) is 6.10 Å². The third-order valence-electron chi connectivity index (χ3n) is 5.10. The van der Waals surface area contributed by atoms with E-state index < -0.39 is 12.1 Å². The zero-order valence-electron chi connectivity index (χ0n) is 17.0. The zero-order chi connectivity index (χ0) is 21.8. The van der Waals surface area contributed by atoms with Crippen LogP contribution in [-0.4, -0.2) is 75.3 Å². The Balaban J connectivity index is 1.48. The lowest BCUT2D eigenvalue weighted by Crippen LogP contribution is -2.53. The van der Waals surface area contributed by atoms with Crippen molar-refractivity contribution in [1.29, 1.82) is 0 Å². The van der Waals surface area contributed by atoms with Crippen LogP contribution in [0.5, 0.6) is 5.75 Å². The molecule has 0 saturated carbocycles. The summed E-state index contributed by atoms with van der Waals surface area (Å²) >= 11 is 1.20. The van der Waals surface area contributed by atoms with Crippen molar-refractivity contribution in [1.82, 2.24) is 4.90 Å². The molecule has 0 radical (unpaired) electrons. The molecule has 0 aliphatic carbocycles. The van der Waals surface area contributed by atoms with Crippen LogP contribution in [0, 0.1) is 0 Å². The normalized spacial score (nSPS) is 18.0. The fraction of sp³-hybridized carbons (Fsp3) is 0.381. The fourth-order valence-corrected chi connectivity index (χ4v) is 4.36. The van der Waals surface area contributed by atoms with Crippen LogP contribution in [0.2, 0.25) is 0 Å². The average molecular weight is 445 g/mol. The number of rotatable bonds is 5. The summed E-state index contributed by atoms with van der Waals surface area (Å²) in [6, 6.07) is 8.97. The highest BCUT2D eigenvalue weighted by atomic mass is 32.1. The maximum atomic E-state index is 13.0. The molecule has 31 heavy (non-hydrogen) atoms. The SMILES string of the molecule is COC(=O)c1sccc1NC(=O)CN1CC(C(=O)N2CCOCC2)Oc2ccccc21. The van der Waals surface area contributed by atoms with Crippen LogP contribution in [0.15, 0.2) is 35.7 Å². The number of hydrogen-bond acceptors (Lipinski definition) is 8. The van der Waals surface area contributed by atoms with Crippen LogP contribution >= 0.6 is 11.3 Å². The molecule has 1 atom stereocenters. The number of esters is 1. The summed E-state index contributed by atoms with van der Waals surface area (Å²) in [7, 11) is 1.30. The van der Waals surface area contributed by atoms with Gasteiger partial charge in [-0.3, -0.25) is 9.59 Å². The van der Waals surface area contributed by atoms with E-state index in [1.807, 2.05) is 23.1 Å². The van der Waals surface area contributed by atoms with Gasteiger partial charge in [0.25, 0.3) is 5.91 Å². The minimum atomic E-state index is -0.715. The first-order valence-electron chi connectivity index (χ1n) is 9.89. The van der Waals surface area contributed by atoms with Gasteiger partial charge in [-0.2, -0.15) is 0 Å². The van der Waals surface area contributed by atoms with Crippen LogP contribution in [0.4, 0.5) is 11.4 Å². The summed E-state index contributed by atoms with van der Waals surface area (Å²) in [6.45, 7) is 2.30. The Morgan fingerprint density at radius 1 is 1.19 bits per heavy atom. The van der Waals surface area contributed by atoms with Gasteiger partial charge in [0.2, 0.25) is 5.91 Å². The summed E-state index contributed by atoms with van der Waals surface area (Å²) in [4.78, 5) is 41.5. The molecule has 4 rings (SSSR count). The molecule has 2 aliphatic rings. The number of amides is 2. The van der Waals surface area contributed by atoms with E-state index in [4.69, 9.17) is 14.2 Å². The van der Waals surface area contributed by atoms with Gasteiger partial charge < -0.3 is 29.3 Å². The number of carbonyl (C=O) groups excluding carboxylic acids is 3. The summed E-state index contributed by atoms with van der Waals surface area (Å²) in [5, 5.41) is 4.48. The molecule has 2 aromatic rings. The maximum absolute atomic E-state index is 13.0. The Bertz CT molecular complexity index is 972. The number of ether oxygens (including phenoxy) is 3. The van der Waals surface area contributed by atoms with E-state index in [0.717, 1.165) is 5.69 Å². The molecule has 1 aromatic carbocycles.